The third kappa shape index (κ3) is 5.01. The van der Waals surface area contributed by atoms with Gasteiger partial charge in [0.2, 0.25) is 0 Å². The predicted molar refractivity (Wildman–Crippen MR) is 83.7 cm³/mol. The molecule has 0 aliphatic carbocycles. The van der Waals surface area contributed by atoms with Gasteiger partial charge >= 0.3 is 0 Å². The third-order valence-electron chi connectivity index (χ3n) is 3.17. The van der Waals surface area contributed by atoms with Crippen molar-refractivity contribution in [1.29, 1.82) is 0 Å². The summed E-state index contributed by atoms with van der Waals surface area (Å²) in [5, 5.41) is 0. The van der Waals surface area contributed by atoms with Gasteiger partial charge in [0, 0.05) is 6.61 Å². The molecule has 0 saturated carbocycles. The second kappa shape index (κ2) is 7.92. The SMILES string of the molecule is CCCO[SiH](Cc1ccccc1)Cc1ccccc1. The highest BCUT2D eigenvalue weighted by atomic mass is 28.3. The van der Waals surface area contributed by atoms with Crippen LogP contribution in [0.4, 0.5) is 0 Å². The number of benzene rings is 2. The van der Waals surface area contributed by atoms with Gasteiger partial charge in [0.25, 0.3) is 0 Å². The van der Waals surface area contributed by atoms with Crippen LogP contribution >= 0.6 is 0 Å². The van der Waals surface area contributed by atoms with Gasteiger partial charge in [-0.25, -0.2) is 0 Å². The Morgan fingerprint density at radius 3 is 1.68 bits per heavy atom. The van der Waals surface area contributed by atoms with Crippen LogP contribution in [0, 0.1) is 0 Å². The standard InChI is InChI=1S/C17H22OSi/c1-2-13-18-19(14-16-9-5-3-6-10-16)15-17-11-7-4-8-12-17/h3-12,19H,2,13-15H2,1H3. The van der Waals surface area contributed by atoms with Crippen molar-refractivity contribution >= 4 is 9.04 Å². The van der Waals surface area contributed by atoms with Crippen molar-refractivity contribution in [3.63, 3.8) is 0 Å². The first-order valence-corrected chi connectivity index (χ1v) is 9.18. The molecule has 0 unspecified atom stereocenters. The Morgan fingerprint density at radius 2 is 1.26 bits per heavy atom. The molecule has 0 aromatic heterocycles. The zero-order valence-corrected chi connectivity index (χ0v) is 12.7. The maximum atomic E-state index is 6.14. The lowest BCUT2D eigenvalue weighted by Crippen LogP contribution is -2.25. The molecule has 0 fully saturated rings. The quantitative estimate of drug-likeness (QED) is 0.697. The molecular weight excluding hydrogens is 248 g/mol. The van der Waals surface area contributed by atoms with Crippen LogP contribution in [0.3, 0.4) is 0 Å². The molecule has 2 aromatic carbocycles. The van der Waals surface area contributed by atoms with E-state index >= 15 is 0 Å². The van der Waals surface area contributed by atoms with Crippen molar-refractivity contribution in [1.82, 2.24) is 0 Å². The Kier molecular flexibility index (Phi) is 5.85. The van der Waals surface area contributed by atoms with Gasteiger partial charge in [0.15, 0.2) is 9.04 Å². The van der Waals surface area contributed by atoms with E-state index < -0.39 is 9.04 Å². The summed E-state index contributed by atoms with van der Waals surface area (Å²) in [6.07, 6.45) is 1.10. The van der Waals surface area contributed by atoms with E-state index in [-0.39, 0.29) is 0 Å². The maximum Gasteiger partial charge on any atom is 0.185 e. The van der Waals surface area contributed by atoms with E-state index in [1.807, 2.05) is 0 Å². The van der Waals surface area contributed by atoms with Gasteiger partial charge in [-0.15, -0.1) is 0 Å². The Bertz CT molecular complexity index is 414. The zero-order valence-electron chi connectivity index (χ0n) is 11.6. The van der Waals surface area contributed by atoms with Gasteiger partial charge in [-0.2, -0.15) is 0 Å². The van der Waals surface area contributed by atoms with Crippen LogP contribution in [-0.2, 0) is 16.5 Å². The molecule has 1 nitrogen and oxygen atoms in total. The largest absolute Gasteiger partial charge is 0.419 e. The molecule has 2 aromatic rings. The number of rotatable bonds is 7. The van der Waals surface area contributed by atoms with Crippen molar-refractivity contribution in [2.75, 3.05) is 6.61 Å². The van der Waals surface area contributed by atoms with E-state index in [0.717, 1.165) is 25.1 Å². The first-order chi connectivity index (χ1) is 9.38. The summed E-state index contributed by atoms with van der Waals surface area (Å²) in [5.74, 6) is 0. The summed E-state index contributed by atoms with van der Waals surface area (Å²) in [6.45, 7) is 3.08. The van der Waals surface area contributed by atoms with Crippen molar-refractivity contribution in [2.45, 2.75) is 25.4 Å². The Balaban J connectivity index is 1.99. The molecular formula is C17H22OSi. The van der Waals surface area contributed by atoms with Crippen molar-refractivity contribution < 1.29 is 4.43 Å². The average Bonchev–Trinajstić information content (AvgIpc) is 2.47. The highest BCUT2D eigenvalue weighted by Gasteiger charge is 2.13. The number of hydrogen-bond acceptors (Lipinski definition) is 1. The van der Waals surface area contributed by atoms with Crippen LogP contribution in [0.15, 0.2) is 60.7 Å². The summed E-state index contributed by atoms with van der Waals surface area (Å²) in [5.41, 5.74) is 2.82. The first-order valence-electron chi connectivity index (χ1n) is 7.08. The van der Waals surface area contributed by atoms with Crippen LogP contribution in [0.5, 0.6) is 0 Å². The average molecular weight is 270 g/mol. The monoisotopic (exact) mass is 270 g/mol. The Hall–Kier alpha value is -1.38. The van der Waals surface area contributed by atoms with E-state index in [2.05, 4.69) is 67.6 Å². The molecule has 0 heterocycles. The molecule has 2 heteroatoms. The van der Waals surface area contributed by atoms with Gasteiger partial charge in [-0.05, 0) is 29.6 Å². The lowest BCUT2D eigenvalue weighted by atomic mass is 10.2. The number of hydrogen-bond donors (Lipinski definition) is 0. The highest BCUT2D eigenvalue weighted by Crippen LogP contribution is 2.09. The van der Waals surface area contributed by atoms with Crippen LogP contribution in [0.1, 0.15) is 24.5 Å². The summed E-state index contributed by atoms with van der Waals surface area (Å²) >= 11 is 0. The van der Waals surface area contributed by atoms with Crippen molar-refractivity contribution in [3.05, 3.63) is 71.8 Å². The second-order valence-electron chi connectivity index (χ2n) is 4.87. The predicted octanol–water partition coefficient (Wildman–Crippen LogP) is 3.70. The lowest BCUT2D eigenvalue weighted by Gasteiger charge is -2.16. The fourth-order valence-electron chi connectivity index (χ4n) is 2.23. The minimum atomic E-state index is -1.20. The summed E-state index contributed by atoms with van der Waals surface area (Å²) in [6, 6.07) is 23.7. The molecule has 0 atom stereocenters. The van der Waals surface area contributed by atoms with E-state index in [0.29, 0.717) is 0 Å². The van der Waals surface area contributed by atoms with Gasteiger partial charge < -0.3 is 4.43 Å². The van der Waals surface area contributed by atoms with Crippen LogP contribution in [0.25, 0.3) is 0 Å². The first kappa shape index (κ1) is 14.0. The van der Waals surface area contributed by atoms with Crippen LogP contribution in [0.2, 0.25) is 0 Å². The highest BCUT2D eigenvalue weighted by molar-refractivity contribution is 6.50. The molecule has 0 spiro atoms. The van der Waals surface area contributed by atoms with E-state index in [1.165, 1.54) is 11.1 Å². The second-order valence-corrected chi connectivity index (χ2v) is 7.27. The minimum absolute atomic E-state index is 0.899. The third-order valence-corrected chi connectivity index (χ3v) is 5.73. The Labute approximate surface area is 118 Å². The van der Waals surface area contributed by atoms with E-state index in [1.54, 1.807) is 0 Å². The minimum Gasteiger partial charge on any atom is -0.419 e. The van der Waals surface area contributed by atoms with Gasteiger partial charge in [-0.3, -0.25) is 0 Å². The van der Waals surface area contributed by atoms with E-state index in [9.17, 15) is 0 Å². The fourth-order valence-corrected chi connectivity index (χ4v) is 4.77. The maximum absolute atomic E-state index is 6.14. The van der Waals surface area contributed by atoms with Crippen LogP contribution in [-0.4, -0.2) is 15.6 Å². The smallest absolute Gasteiger partial charge is 0.185 e. The molecule has 100 valence electrons. The molecule has 19 heavy (non-hydrogen) atoms. The molecule has 0 saturated heterocycles. The van der Waals surface area contributed by atoms with Gasteiger partial charge in [0.1, 0.15) is 0 Å². The van der Waals surface area contributed by atoms with Gasteiger partial charge in [0.05, 0.1) is 0 Å². The molecule has 0 radical (unpaired) electrons. The lowest BCUT2D eigenvalue weighted by molar-refractivity contribution is 0.317. The van der Waals surface area contributed by atoms with Crippen LogP contribution < -0.4 is 0 Å². The molecule has 0 aliphatic rings. The molecule has 0 aliphatic heterocycles. The van der Waals surface area contributed by atoms with E-state index in [4.69, 9.17) is 4.43 Å². The fraction of sp³-hybridized carbons (Fsp3) is 0.294. The normalized spacial score (nSPS) is 10.8. The molecule has 2 rings (SSSR count). The summed E-state index contributed by atoms with van der Waals surface area (Å²) in [7, 11) is -1.20. The summed E-state index contributed by atoms with van der Waals surface area (Å²) in [4.78, 5) is 0. The van der Waals surface area contributed by atoms with Crippen molar-refractivity contribution in [2.24, 2.45) is 0 Å². The molecule has 0 N–H and O–H groups in total. The topological polar surface area (TPSA) is 9.23 Å². The zero-order chi connectivity index (χ0) is 13.3. The Morgan fingerprint density at radius 1 is 0.789 bits per heavy atom. The molecule has 0 amide bonds. The van der Waals surface area contributed by atoms with Crippen molar-refractivity contribution in [3.8, 4) is 0 Å². The van der Waals surface area contributed by atoms with Gasteiger partial charge in [-0.1, -0.05) is 67.6 Å². The summed E-state index contributed by atoms with van der Waals surface area (Å²) < 4.78 is 6.14. The molecule has 0 bridgehead atoms.